The molecule has 94 valence electrons. The second kappa shape index (κ2) is 6.64. The van der Waals surface area contributed by atoms with Gasteiger partial charge in [0.1, 0.15) is 6.10 Å². The fourth-order valence-corrected chi connectivity index (χ4v) is 1.83. The molecule has 0 spiro atoms. The van der Waals surface area contributed by atoms with E-state index >= 15 is 0 Å². The lowest BCUT2D eigenvalue weighted by molar-refractivity contribution is -0.159. The summed E-state index contributed by atoms with van der Waals surface area (Å²) in [5.41, 5.74) is 0.498. The third kappa shape index (κ3) is 3.73. The summed E-state index contributed by atoms with van der Waals surface area (Å²) in [5, 5.41) is 19.4. The zero-order valence-electron chi connectivity index (χ0n) is 9.79. The largest absolute Gasteiger partial charge is 0.464 e. The van der Waals surface area contributed by atoms with Crippen molar-refractivity contribution in [3.63, 3.8) is 0 Å². The van der Waals surface area contributed by atoms with Crippen molar-refractivity contribution in [3.05, 3.63) is 29.8 Å². The Labute approximate surface area is 105 Å². The first-order valence-electron chi connectivity index (χ1n) is 5.26. The Kier molecular flexibility index (Phi) is 5.47. The number of aliphatic hydroxyl groups excluding tert-OH is 2. The summed E-state index contributed by atoms with van der Waals surface area (Å²) in [4.78, 5) is 12.2. The van der Waals surface area contributed by atoms with Gasteiger partial charge >= 0.3 is 5.97 Å². The number of aliphatic hydroxyl groups is 2. The Hall–Kier alpha value is -1.04. The first-order chi connectivity index (χ1) is 8.10. The molecule has 0 radical (unpaired) electrons. The van der Waals surface area contributed by atoms with Gasteiger partial charge in [-0.15, -0.1) is 11.8 Å². The van der Waals surface area contributed by atoms with Gasteiger partial charge < -0.3 is 14.9 Å². The van der Waals surface area contributed by atoms with Gasteiger partial charge in [-0.1, -0.05) is 12.1 Å². The van der Waals surface area contributed by atoms with Crippen molar-refractivity contribution in [3.8, 4) is 0 Å². The Morgan fingerprint density at radius 3 is 2.76 bits per heavy atom. The van der Waals surface area contributed by atoms with E-state index in [1.807, 2.05) is 12.3 Å². The molecule has 17 heavy (non-hydrogen) atoms. The molecule has 2 N–H and O–H groups in total. The Balaban J connectivity index is 2.80. The van der Waals surface area contributed by atoms with Crippen LogP contribution in [-0.2, 0) is 9.53 Å². The SMILES string of the molecule is CCOC(=O)C(O)C(O)c1cccc(SC)c1. The zero-order chi connectivity index (χ0) is 12.8. The molecule has 0 saturated carbocycles. The lowest BCUT2D eigenvalue weighted by Crippen LogP contribution is -2.29. The molecule has 0 fully saturated rings. The van der Waals surface area contributed by atoms with Crippen molar-refractivity contribution in [2.75, 3.05) is 12.9 Å². The average Bonchev–Trinajstić information content (AvgIpc) is 2.37. The number of benzene rings is 1. The fraction of sp³-hybridized carbons (Fsp3) is 0.417. The molecule has 0 aliphatic heterocycles. The molecule has 1 aromatic carbocycles. The number of rotatable bonds is 5. The quantitative estimate of drug-likeness (QED) is 0.615. The average molecular weight is 256 g/mol. The number of ether oxygens (including phenoxy) is 1. The van der Waals surface area contributed by atoms with Crippen LogP contribution in [0.3, 0.4) is 0 Å². The first kappa shape index (κ1) is 14.0. The van der Waals surface area contributed by atoms with Crippen LogP contribution in [-0.4, -0.2) is 35.1 Å². The third-order valence-electron chi connectivity index (χ3n) is 2.26. The van der Waals surface area contributed by atoms with Crippen molar-refractivity contribution in [1.29, 1.82) is 0 Å². The molecule has 0 aromatic heterocycles. The first-order valence-corrected chi connectivity index (χ1v) is 6.49. The number of esters is 1. The molecular weight excluding hydrogens is 240 g/mol. The summed E-state index contributed by atoms with van der Waals surface area (Å²) in [6, 6.07) is 7.05. The highest BCUT2D eigenvalue weighted by atomic mass is 32.2. The van der Waals surface area contributed by atoms with Gasteiger partial charge in [0.25, 0.3) is 0 Å². The van der Waals surface area contributed by atoms with Crippen LogP contribution in [0.1, 0.15) is 18.6 Å². The summed E-state index contributed by atoms with van der Waals surface area (Å²) in [6.45, 7) is 1.82. The van der Waals surface area contributed by atoms with E-state index in [0.717, 1.165) is 4.90 Å². The van der Waals surface area contributed by atoms with Crippen LogP contribution in [0, 0.1) is 0 Å². The number of hydrogen-bond acceptors (Lipinski definition) is 5. The van der Waals surface area contributed by atoms with Crippen LogP contribution in [0.25, 0.3) is 0 Å². The summed E-state index contributed by atoms with van der Waals surface area (Å²) in [7, 11) is 0. The van der Waals surface area contributed by atoms with Crippen LogP contribution < -0.4 is 0 Å². The molecule has 0 heterocycles. The minimum Gasteiger partial charge on any atom is -0.464 e. The van der Waals surface area contributed by atoms with Crippen molar-refractivity contribution in [2.45, 2.75) is 24.0 Å². The Bertz CT molecular complexity index is 381. The van der Waals surface area contributed by atoms with Crippen LogP contribution >= 0.6 is 11.8 Å². The summed E-state index contributed by atoms with van der Waals surface area (Å²) in [6.07, 6.45) is -0.902. The van der Waals surface area contributed by atoms with Gasteiger partial charge in [-0.25, -0.2) is 4.79 Å². The van der Waals surface area contributed by atoms with Gasteiger partial charge in [-0.2, -0.15) is 0 Å². The van der Waals surface area contributed by atoms with E-state index in [1.165, 1.54) is 11.8 Å². The fourth-order valence-electron chi connectivity index (χ4n) is 1.36. The molecule has 1 rings (SSSR count). The lowest BCUT2D eigenvalue weighted by Gasteiger charge is -2.17. The third-order valence-corrected chi connectivity index (χ3v) is 2.99. The molecular formula is C12H16O4S. The molecule has 5 heteroatoms. The number of thioether (sulfide) groups is 1. The summed E-state index contributed by atoms with van der Waals surface area (Å²) >= 11 is 1.52. The number of carbonyl (C=O) groups excluding carboxylic acids is 1. The maximum absolute atomic E-state index is 11.3. The Morgan fingerprint density at radius 1 is 1.47 bits per heavy atom. The van der Waals surface area contributed by atoms with Crippen molar-refractivity contribution in [1.82, 2.24) is 0 Å². The zero-order valence-corrected chi connectivity index (χ0v) is 10.6. The smallest absolute Gasteiger partial charge is 0.338 e. The molecule has 0 amide bonds. The van der Waals surface area contributed by atoms with Gasteiger partial charge in [-0.3, -0.25) is 0 Å². The predicted molar refractivity (Wildman–Crippen MR) is 65.8 cm³/mol. The molecule has 0 aliphatic rings. The molecule has 1 aromatic rings. The van der Waals surface area contributed by atoms with Crippen molar-refractivity contribution in [2.24, 2.45) is 0 Å². The van der Waals surface area contributed by atoms with Gasteiger partial charge in [0, 0.05) is 4.90 Å². The predicted octanol–water partition coefficient (Wildman–Crippen LogP) is 1.37. The molecule has 2 atom stereocenters. The number of carbonyl (C=O) groups is 1. The van der Waals surface area contributed by atoms with E-state index in [9.17, 15) is 15.0 Å². The van der Waals surface area contributed by atoms with Gasteiger partial charge in [0.05, 0.1) is 6.61 Å². The molecule has 0 bridgehead atoms. The molecule has 2 unspecified atom stereocenters. The Morgan fingerprint density at radius 2 is 2.18 bits per heavy atom. The van der Waals surface area contributed by atoms with E-state index in [4.69, 9.17) is 0 Å². The molecule has 4 nitrogen and oxygen atoms in total. The van der Waals surface area contributed by atoms with Crippen molar-refractivity contribution >= 4 is 17.7 Å². The highest BCUT2D eigenvalue weighted by molar-refractivity contribution is 7.98. The maximum atomic E-state index is 11.3. The van der Waals surface area contributed by atoms with E-state index in [2.05, 4.69) is 4.74 Å². The molecule has 0 aliphatic carbocycles. The molecule has 0 saturated heterocycles. The van der Waals surface area contributed by atoms with Crippen LogP contribution in [0.2, 0.25) is 0 Å². The van der Waals surface area contributed by atoms with E-state index in [0.29, 0.717) is 5.56 Å². The maximum Gasteiger partial charge on any atom is 0.338 e. The van der Waals surface area contributed by atoms with Crippen LogP contribution in [0.4, 0.5) is 0 Å². The topological polar surface area (TPSA) is 66.8 Å². The monoisotopic (exact) mass is 256 g/mol. The highest BCUT2D eigenvalue weighted by Gasteiger charge is 2.26. The van der Waals surface area contributed by atoms with E-state index < -0.39 is 18.2 Å². The normalized spacial score (nSPS) is 14.1. The summed E-state index contributed by atoms with van der Waals surface area (Å²) in [5.74, 6) is -0.811. The second-order valence-corrected chi connectivity index (χ2v) is 4.30. The van der Waals surface area contributed by atoms with Gasteiger partial charge in [0.15, 0.2) is 6.10 Å². The minimum absolute atomic E-state index is 0.174. The van der Waals surface area contributed by atoms with E-state index in [1.54, 1.807) is 25.1 Å². The standard InChI is InChI=1S/C12H16O4S/c1-3-16-12(15)11(14)10(13)8-5-4-6-9(7-8)17-2/h4-7,10-11,13-14H,3H2,1-2H3. The van der Waals surface area contributed by atoms with E-state index in [-0.39, 0.29) is 6.61 Å². The van der Waals surface area contributed by atoms with Crippen molar-refractivity contribution < 1.29 is 19.7 Å². The van der Waals surface area contributed by atoms with Gasteiger partial charge in [-0.05, 0) is 30.9 Å². The van der Waals surface area contributed by atoms with Crippen LogP contribution in [0.15, 0.2) is 29.2 Å². The minimum atomic E-state index is -1.55. The number of hydrogen-bond donors (Lipinski definition) is 2. The van der Waals surface area contributed by atoms with Gasteiger partial charge in [0.2, 0.25) is 0 Å². The lowest BCUT2D eigenvalue weighted by atomic mass is 10.0. The summed E-state index contributed by atoms with van der Waals surface area (Å²) < 4.78 is 4.65. The second-order valence-electron chi connectivity index (χ2n) is 3.42. The highest BCUT2D eigenvalue weighted by Crippen LogP contribution is 2.23. The van der Waals surface area contributed by atoms with Crippen LogP contribution in [0.5, 0.6) is 0 Å².